The van der Waals surface area contributed by atoms with Crippen molar-refractivity contribution in [2.75, 3.05) is 6.54 Å². The monoisotopic (exact) mass is 255 g/mol. The molecular formula is C14H16F3N. The van der Waals surface area contributed by atoms with Crippen molar-refractivity contribution < 1.29 is 13.2 Å². The van der Waals surface area contributed by atoms with Gasteiger partial charge in [-0.05, 0) is 31.4 Å². The Kier molecular flexibility index (Phi) is 3.76. The summed E-state index contributed by atoms with van der Waals surface area (Å²) in [7, 11) is 0. The second kappa shape index (κ2) is 5.14. The predicted octanol–water partition coefficient (Wildman–Crippen LogP) is 3.86. The molecule has 18 heavy (non-hydrogen) atoms. The van der Waals surface area contributed by atoms with E-state index in [1.807, 2.05) is 6.92 Å². The lowest BCUT2D eigenvalue weighted by Gasteiger charge is -2.11. The van der Waals surface area contributed by atoms with Gasteiger partial charge < -0.3 is 5.32 Å². The molecule has 1 nitrogen and oxygen atoms in total. The summed E-state index contributed by atoms with van der Waals surface area (Å²) in [6.45, 7) is 2.50. The summed E-state index contributed by atoms with van der Waals surface area (Å²) in [5.41, 5.74) is 0.578. The van der Waals surface area contributed by atoms with E-state index in [9.17, 15) is 13.2 Å². The summed E-state index contributed by atoms with van der Waals surface area (Å²) < 4.78 is 38.3. The van der Waals surface area contributed by atoms with Gasteiger partial charge in [0.25, 0.3) is 0 Å². The molecule has 0 atom stereocenters. The fourth-order valence-electron chi connectivity index (χ4n) is 1.79. The first-order chi connectivity index (χ1) is 8.47. The first kappa shape index (κ1) is 13.1. The molecule has 2 rings (SSSR count). The smallest absolute Gasteiger partial charge is 0.310 e. The van der Waals surface area contributed by atoms with Gasteiger partial charge in [0.05, 0.1) is 5.56 Å². The minimum atomic E-state index is -4.29. The highest BCUT2D eigenvalue weighted by atomic mass is 19.4. The number of hydrogen-bond donors (Lipinski definition) is 1. The molecule has 1 aromatic carbocycles. The van der Waals surface area contributed by atoms with Gasteiger partial charge in [0.2, 0.25) is 0 Å². The predicted molar refractivity (Wildman–Crippen MR) is 66.1 cm³/mol. The number of alkyl halides is 3. The van der Waals surface area contributed by atoms with Crippen LogP contribution < -0.4 is 5.32 Å². The fraction of sp³-hybridized carbons (Fsp3) is 0.429. The average Bonchev–Trinajstić information content (AvgIpc) is 3.09. The van der Waals surface area contributed by atoms with Crippen molar-refractivity contribution in [3.63, 3.8) is 0 Å². The zero-order valence-electron chi connectivity index (χ0n) is 10.2. The van der Waals surface area contributed by atoms with Crippen LogP contribution >= 0.6 is 0 Å². The third kappa shape index (κ3) is 3.60. The van der Waals surface area contributed by atoms with Crippen LogP contribution in [0.4, 0.5) is 13.2 Å². The van der Waals surface area contributed by atoms with Crippen molar-refractivity contribution >= 4 is 6.08 Å². The lowest BCUT2D eigenvalue weighted by molar-refractivity contribution is -0.137. The Labute approximate surface area is 105 Å². The van der Waals surface area contributed by atoms with E-state index in [0.717, 1.165) is 11.6 Å². The van der Waals surface area contributed by atoms with Gasteiger partial charge >= 0.3 is 6.18 Å². The van der Waals surface area contributed by atoms with Crippen molar-refractivity contribution in [1.29, 1.82) is 0 Å². The normalized spacial score (nSPS) is 17.0. The first-order valence-electron chi connectivity index (χ1n) is 6.03. The summed E-state index contributed by atoms with van der Waals surface area (Å²) in [6.07, 6.45) is -0.339. The van der Waals surface area contributed by atoms with Crippen LogP contribution in [0.2, 0.25) is 0 Å². The summed E-state index contributed by atoms with van der Waals surface area (Å²) in [5.74, 6) is 0. The van der Waals surface area contributed by atoms with E-state index in [-0.39, 0.29) is 5.56 Å². The lowest BCUT2D eigenvalue weighted by Crippen LogP contribution is -2.18. The number of halogens is 3. The molecule has 98 valence electrons. The molecule has 0 unspecified atom stereocenters. The van der Waals surface area contributed by atoms with Gasteiger partial charge in [-0.2, -0.15) is 13.2 Å². The molecule has 0 aromatic heterocycles. The highest BCUT2D eigenvalue weighted by molar-refractivity contribution is 5.57. The SMILES string of the molecule is CC(=Cc1ccccc1C(F)(F)F)CNC1CC1. The van der Waals surface area contributed by atoms with E-state index in [2.05, 4.69) is 5.32 Å². The molecule has 1 aromatic rings. The molecule has 1 aliphatic carbocycles. The Hall–Kier alpha value is -1.29. The van der Waals surface area contributed by atoms with Crippen molar-refractivity contribution in [2.24, 2.45) is 0 Å². The van der Waals surface area contributed by atoms with Gasteiger partial charge in [-0.15, -0.1) is 0 Å². The van der Waals surface area contributed by atoms with E-state index >= 15 is 0 Å². The van der Waals surface area contributed by atoms with Gasteiger partial charge in [-0.1, -0.05) is 29.8 Å². The molecule has 0 aliphatic heterocycles. The van der Waals surface area contributed by atoms with E-state index in [1.165, 1.54) is 25.0 Å². The number of rotatable bonds is 4. The third-order valence-electron chi connectivity index (χ3n) is 2.92. The van der Waals surface area contributed by atoms with Crippen LogP contribution in [0.1, 0.15) is 30.9 Å². The summed E-state index contributed by atoms with van der Waals surface area (Å²) >= 11 is 0. The highest BCUT2D eigenvalue weighted by Crippen LogP contribution is 2.32. The van der Waals surface area contributed by atoms with E-state index in [0.29, 0.717) is 12.6 Å². The minimum Gasteiger partial charge on any atom is -0.310 e. The molecule has 0 saturated heterocycles. The van der Waals surface area contributed by atoms with Crippen molar-refractivity contribution in [3.8, 4) is 0 Å². The topological polar surface area (TPSA) is 12.0 Å². The van der Waals surface area contributed by atoms with Crippen LogP contribution in [-0.2, 0) is 6.18 Å². The van der Waals surface area contributed by atoms with Crippen molar-refractivity contribution in [2.45, 2.75) is 32.0 Å². The van der Waals surface area contributed by atoms with Gasteiger partial charge in [0, 0.05) is 12.6 Å². The van der Waals surface area contributed by atoms with Gasteiger partial charge in [0.1, 0.15) is 0 Å². The van der Waals surface area contributed by atoms with Crippen LogP contribution in [0.25, 0.3) is 6.08 Å². The van der Waals surface area contributed by atoms with Crippen LogP contribution in [0, 0.1) is 0 Å². The number of benzene rings is 1. The Morgan fingerprint density at radius 1 is 1.33 bits per heavy atom. The second-order valence-corrected chi connectivity index (χ2v) is 4.73. The maximum Gasteiger partial charge on any atom is 0.416 e. The Morgan fingerprint density at radius 3 is 2.61 bits per heavy atom. The van der Waals surface area contributed by atoms with E-state index in [1.54, 1.807) is 12.1 Å². The molecule has 4 heteroatoms. The lowest BCUT2D eigenvalue weighted by atomic mass is 10.0. The highest BCUT2D eigenvalue weighted by Gasteiger charge is 2.32. The van der Waals surface area contributed by atoms with Crippen LogP contribution in [0.15, 0.2) is 29.8 Å². The summed E-state index contributed by atoms with van der Waals surface area (Å²) in [5, 5.41) is 3.29. The largest absolute Gasteiger partial charge is 0.416 e. The molecule has 0 bridgehead atoms. The number of hydrogen-bond acceptors (Lipinski definition) is 1. The number of nitrogens with one attached hydrogen (secondary N) is 1. The zero-order valence-corrected chi connectivity index (χ0v) is 10.2. The van der Waals surface area contributed by atoms with Crippen LogP contribution in [-0.4, -0.2) is 12.6 Å². The summed E-state index contributed by atoms with van der Waals surface area (Å²) in [4.78, 5) is 0. The molecule has 1 saturated carbocycles. The Morgan fingerprint density at radius 2 is 2.00 bits per heavy atom. The first-order valence-corrected chi connectivity index (χ1v) is 6.03. The summed E-state index contributed by atoms with van der Waals surface area (Å²) in [6, 6.07) is 6.23. The Balaban J connectivity index is 2.13. The minimum absolute atomic E-state index is 0.236. The maximum absolute atomic E-state index is 12.8. The van der Waals surface area contributed by atoms with Gasteiger partial charge in [-0.3, -0.25) is 0 Å². The van der Waals surface area contributed by atoms with Crippen LogP contribution in [0.3, 0.4) is 0 Å². The molecule has 1 N–H and O–H groups in total. The van der Waals surface area contributed by atoms with Crippen LogP contribution in [0.5, 0.6) is 0 Å². The van der Waals surface area contributed by atoms with Crippen molar-refractivity contribution in [1.82, 2.24) is 5.32 Å². The second-order valence-electron chi connectivity index (χ2n) is 4.73. The zero-order chi connectivity index (χ0) is 13.2. The average molecular weight is 255 g/mol. The molecule has 0 amide bonds. The molecule has 0 heterocycles. The molecular weight excluding hydrogens is 239 g/mol. The van der Waals surface area contributed by atoms with Gasteiger partial charge in [-0.25, -0.2) is 0 Å². The van der Waals surface area contributed by atoms with Gasteiger partial charge in [0.15, 0.2) is 0 Å². The molecule has 0 spiro atoms. The third-order valence-corrected chi connectivity index (χ3v) is 2.92. The molecule has 0 radical (unpaired) electrons. The quantitative estimate of drug-likeness (QED) is 0.861. The molecule has 1 fully saturated rings. The van der Waals surface area contributed by atoms with E-state index in [4.69, 9.17) is 0 Å². The van der Waals surface area contributed by atoms with E-state index < -0.39 is 11.7 Å². The van der Waals surface area contributed by atoms with Crippen molar-refractivity contribution in [3.05, 3.63) is 41.0 Å². The maximum atomic E-state index is 12.8. The Bertz CT molecular complexity index is 445. The molecule has 1 aliphatic rings. The fourth-order valence-corrected chi connectivity index (χ4v) is 1.79. The standard InChI is InChI=1S/C14H16F3N/c1-10(9-18-12-6-7-12)8-11-4-2-3-5-13(11)14(15,16)17/h2-5,8,12,18H,6-7,9H2,1H3.